The van der Waals surface area contributed by atoms with Crippen LogP contribution < -0.4 is 11.1 Å². The number of fused-ring (bicyclic) bond motifs is 1. The molecule has 2 rings (SSSR count). The Morgan fingerprint density at radius 1 is 1.25 bits per heavy atom. The Bertz CT molecular complexity index is 870. The number of carbonyl (C=O) groups excluding carboxylic acids is 4. The smallest absolute Gasteiger partial charge is 0.411 e. The molecular formula is C22H30N2O8. The van der Waals surface area contributed by atoms with Crippen LogP contribution in [-0.4, -0.2) is 58.7 Å². The highest BCUT2D eigenvalue weighted by atomic mass is 16.5. The molecular weight excluding hydrogens is 420 g/mol. The SMILES string of the molecule is CCOC(=O)Nc1ccc2c(c1O)C(=O)CC(CC(CCO)C(CO)C(=O)CC(N)=O)C2. The monoisotopic (exact) mass is 450 g/mol. The summed E-state index contributed by atoms with van der Waals surface area (Å²) >= 11 is 0. The van der Waals surface area contributed by atoms with Crippen molar-refractivity contribution >= 4 is 29.3 Å². The lowest BCUT2D eigenvalue weighted by molar-refractivity contribution is -0.131. The zero-order valence-corrected chi connectivity index (χ0v) is 18.0. The first-order valence-corrected chi connectivity index (χ1v) is 10.6. The third-order valence-corrected chi connectivity index (χ3v) is 5.70. The molecule has 1 aliphatic carbocycles. The summed E-state index contributed by atoms with van der Waals surface area (Å²) in [5.74, 6) is -3.41. The Hall–Kier alpha value is -2.98. The number of ketones is 2. The Balaban J connectivity index is 2.20. The van der Waals surface area contributed by atoms with Crippen LogP contribution in [0.1, 0.15) is 48.5 Å². The number of hydrogen-bond acceptors (Lipinski definition) is 8. The van der Waals surface area contributed by atoms with E-state index in [9.17, 15) is 34.5 Å². The van der Waals surface area contributed by atoms with E-state index in [1.54, 1.807) is 13.0 Å². The van der Waals surface area contributed by atoms with Crippen LogP contribution in [0.3, 0.4) is 0 Å². The number of Topliss-reactive ketones (excluding diaryl/α,β-unsaturated/α-hetero) is 2. The fourth-order valence-electron chi connectivity index (χ4n) is 4.30. The number of phenolic OH excluding ortho intramolecular Hbond substituents is 1. The molecule has 0 spiro atoms. The molecule has 6 N–H and O–H groups in total. The molecule has 3 atom stereocenters. The van der Waals surface area contributed by atoms with Gasteiger partial charge in [-0.25, -0.2) is 4.79 Å². The summed E-state index contributed by atoms with van der Waals surface area (Å²) < 4.78 is 4.79. The van der Waals surface area contributed by atoms with Crippen LogP contribution in [-0.2, 0) is 20.7 Å². The van der Waals surface area contributed by atoms with Gasteiger partial charge in [0.15, 0.2) is 5.78 Å². The minimum Gasteiger partial charge on any atom is -0.505 e. The number of aromatic hydroxyl groups is 1. The Labute approximate surface area is 185 Å². The highest BCUT2D eigenvalue weighted by molar-refractivity contribution is 6.04. The molecule has 10 nitrogen and oxygen atoms in total. The third-order valence-electron chi connectivity index (χ3n) is 5.70. The van der Waals surface area contributed by atoms with Gasteiger partial charge in [0.05, 0.1) is 30.9 Å². The van der Waals surface area contributed by atoms with Crippen molar-refractivity contribution in [1.29, 1.82) is 0 Å². The predicted octanol–water partition coefficient (Wildman–Crippen LogP) is 1.15. The summed E-state index contributed by atoms with van der Waals surface area (Å²) in [5, 5.41) is 32.1. The fraction of sp³-hybridized carbons (Fsp3) is 0.545. The number of hydrogen-bond donors (Lipinski definition) is 5. The van der Waals surface area contributed by atoms with Crippen molar-refractivity contribution < 1.29 is 39.2 Å². The van der Waals surface area contributed by atoms with Crippen molar-refractivity contribution in [3.63, 3.8) is 0 Å². The van der Waals surface area contributed by atoms with Crippen LogP contribution >= 0.6 is 0 Å². The summed E-state index contributed by atoms with van der Waals surface area (Å²) in [4.78, 5) is 47.9. The topological polar surface area (TPSA) is 176 Å². The van der Waals surface area contributed by atoms with Gasteiger partial charge in [-0.1, -0.05) is 6.07 Å². The normalized spacial score (nSPS) is 17.2. The molecule has 32 heavy (non-hydrogen) atoms. The maximum Gasteiger partial charge on any atom is 0.411 e. The zero-order valence-electron chi connectivity index (χ0n) is 18.0. The molecule has 1 aromatic carbocycles. The molecule has 2 amide bonds. The lowest BCUT2D eigenvalue weighted by Gasteiger charge is -2.31. The van der Waals surface area contributed by atoms with Crippen LogP contribution in [0.4, 0.5) is 10.5 Å². The number of carbonyl (C=O) groups is 4. The summed E-state index contributed by atoms with van der Waals surface area (Å²) in [6.07, 6.45) is -0.131. The van der Waals surface area contributed by atoms with Gasteiger partial charge in [-0.05, 0) is 49.7 Å². The number of aliphatic hydroxyl groups excluding tert-OH is 2. The highest BCUT2D eigenvalue weighted by Gasteiger charge is 2.34. The molecule has 0 saturated carbocycles. The number of benzene rings is 1. The number of ether oxygens (including phenoxy) is 1. The van der Waals surface area contributed by atoms with Gasteiger partial charge in [0, 0.05) is 18.9 Å². The number of aliphatic hydroxyl groups is 2. The molecule has 1 aliphatic rings. The van der Waals surface area contributed by atoms with E-state index in [0.717, 1.165) is 0 Å². The second kappa shape index (κ2) is 11.6. The molecule has 0 aromatic heterocycles. The van der Waals surface area contributed by atoms with Crippen molar-refractivity contribution in [2.75, 3.05) is 25.1 Å². The van der Waals surface area contributed by atoms with E-state index in [-0.39, 0.29) is 54.8 Å². The van der Waals surface area contributed by atoms with E-state index in [1.165, 1.54) is 6.07 Å². The van der Waals surface area contributed by atoms with Gasteiger partial charge >= 0.3 is 6.09 Å². The van der Waals surface area contributed by atoms with E-state index >= 15 is 0 Å². The van der Waals surface area contributed by atoms with E-state index < -0.39 is 42.6 Å². The van der Waals surface area contributed by atoms with Gasteiger partial charge in [0.2, 0.25) is 5.91 Å². The second-order valence-electron chi connectivity index (χ2n) is 7.95. The van der Waals surface area contributed by atoms with Crippen molar-refractivity contribution in [3.05, 3.63) is 23.3 Å². The summed E-state index contributed by atoms with van der Waals surface area (Å²) in [5.41, 5.74) is 5.91. The lowest BCUT2D eigenvalue weighted by Crippen LogP contribution is -2.33. The average Bonchev–Trinajstić information content (AvgIpc) is 2.70. The quantitative estimate of drug-likeness (QED) is 0.246. The number of primary amides is 1. The van der Waals surface area contributed by atoms with Gasteiger partial charge in [0.1, 0.15) is 11.5 Å². The molecule has 0 fully saturated rings. The number of phenols is 1. The molecule has 0 saturated heterocycles. The summed E-state index contributed by atoms with van der Waals surface area (Å²) in [6, 6.07) is 3.13. The van der Waals surface area contributed by atoms with Crippen LogP contribution in [0, 0.1) is 17.8 Å². The van der Waals surface area contributed by atoms with E-state index in [2.05, 4.69) is 5.32 Å². The van der Waals surface area contributed by atoms with Gasteiger partial charge in [0.25, 0.3) is 0 Å². The van der Waals surface area contributed by atoms with E-state index in [1.807, 2.05) is 0 Å². The van der Waals surface area contributed by atoms with Crippen molar-refractivity contribution in [2.24, 2.45) is 23.5 Å². The maximum absolute atomic E-state index is 12.8. The molecule has 10 heteroatoms. The number of nitrogens with two attached hydrogens (primary N) is 1. The molecule has 1 aromatic rings. The van der Waals surface area contributed by atoms with Crippen LogP contribution in [0.15, 0.2) is 12.1 Å². The van der Waals surface area contributed by atoms with Crippen molar-refractivity contribution in [3.8, 4) is 5.75 Å². The Morgan fingerprint density at radius 2 is 1.97 bits per heavy atom. The minimum atomic E-state index is -0.865. The van der Waals surface area contributed by atoms with Gasteiger partial charge in [-0.3, -0.25) is 19.7 Å². The molecule has 0 aliphatic heterocycles. The average molecular weight is 450 g/mol. The highest BCUT2D eigenvalue weighted by Crippen LogP contribution is 2.39. The van der Waals surface area contributed by atoms with Gasteiger partial charge in [-0.2, -0.15) is 0 Å². The molecule has 0 radical (unpaired) electrons. The molecule has 0 heterocycles. The third kappa shape index (κ3) is 6.27. The van der Waals surface area contributed by atoms with Crippen molar-refractivity contribution in [2.45, 2.75) is 39.0 Å². The maximum atomic E-state index is 12.8. The largest absolute Gasteiger partial charge is 0.505 e. The minimum absolute atomic E-state index is 0.0737. The van der Waals surface area contributed by atoms with Crippen LogP contribution in [0.2, 0.25) is 0 Å². The van der Waals surface area contributed by atoms with E-state index in [4.69, 9.17) is 10.5 Å². The first-order valence-electron chi connectivity index (χ1n) is 10.6. The zero-order chi connectivity index (χ0) is 23.8. The Morgan fingerprint density at radius 3 is 2.56 bits per heavy atom. The fourth-order valence-corrected chi connectivity index (χ4v) is 4.30. The van der Waals surface area contributed by atoms with Crippen molar-refractivity contribution in [1.82, 2.24) is 0 Å². The number of nitrogens with one attached hydrogen (secondary N) is 1. The summed E-state index contributed by atoms with van der Waals surface area (Å²) in [6.45, 7) is 1.09. The lowest BCUT2D eigenvalue weighted by atomic mass is 9.73. The molecule has 3 unspecified atom stereocenters. The number of rotatable bonds is 11. The predicted molar refractivity (Wildman–Crippen MR) is 114 cm³/mol. The Kier molecular flexibility index (Phi) is 9.15. The molecule has 176 valence electrons. The first kappa shape index (κ1) is 25.3. The van der Waals surface area contributed by atoms with Gasteiger partial charge < -0.3 is 25.8 Å². The summed E-state index contributed by atoms with van der Waals surface area (Å²) in [7, 11) is 0. The first-order chi connectivity index (χ1) is 15.2. The number of amides is 2. The van der Waals surface area contributed by atoms with Gasteiger partial charge in [-0.15, -0.1) is 0 Å². The molecule has 0 bridgehead atoms. The number of anilines is 1. The standard InChI is InChI=1S/C22H30N2O8/c1-2-32-22(31)24-16-4-3-14-8-12(9-18(28)20(14)21(16)30)7-13(5-6-25)15(11-26)17(27)10-19(23)29/h3-4,12-13,15,25-26,30H,2,5-11H2,1H3,(H2,23,29)(H,24,31). The second-order valence-corrected chi connectivity index (χ2v) is 7.95. The van der Waals surface area contributed by atoms with Crippen LogP contribution in [0.25, 0.3) is 0 Å². The van der Waals surface area contributed by atoms with Crippen LogP contribution in [0.5, 0.6) is 5.75 Å². The van der Waals surface area contributed by atoms with E-state index in [0.29, 0.717) is 18.4 Å².